The highest BCUT2D eigenvalue weighted by Crippen LogP contribution is 2.22. The van der Waals surface area contributed by atoms with Gasteiger partial charge in [0.2, 0.25) is 5.91 Å². The Kier molecular flexibility index (Phi) is 6.33. The Labute approximate surface area is 146 Å². The number of carbonyl (C=O) groups excluding carboxylic acids is 2. The second-order valence-electron chi connectivity index (χ2n) is 5.38. The number of hydrogen-bond acceptors (Lipinski definition) is 5. The molecule has 132 valence electrons. The molecule has 7 heteroatoms. The smallest absolute Gasteiger partial charge is 0.252 e. The summed E-state index contributed by atoms with van der Waals surface area (Å²) in [4.78, 5) is 28.5. The predicted molar refractivity (Wildman–Crippen MR) is 92.6 cm³/mol. The number of ether oxygens (including phenoxy) is 2. The van der Waals surface area contributed by atoms with Crippen LogP contribution < -0.4 is 20.1 Å². The number of pyridine rings is 1. The number of methoxy groups -OCH3 is 2. The van der Waals surface area contributed by atoms with E-state index in [1.807, 2.05) is 6.07 Å². The van der Waals surface area contributed by atoms with Gasteiger partial charge in [0.15, 0.2) is 0 Å². The van der Waals surface area contributed by atoms with Crippen LogP contribution in [0.1, 0.15) is 22.8 Å². The van der Waals surface area contributed by atoms with Crippen LogP contribution >= 0.6 is 0 Å². The molecule has 0 saturated carbocycles. The Morgan fingerprint density at radius 2 is 1.84 bits per heavy atom. The summed E-state index contributed by atoms with van der Waals surface area (Å²) in [5.41, 5.74) is 1.23. The molecule has 0 spiro atoms. The summed E-state index contributed by atoms with van der Waals surface area (Å²) >= 11 is 0. The third-order valence-electron chi connectivity index (χ3n) is 3.54. The van der Waals surface area contributed by atoms with Gasteiger partial charge >= 0.3 is 0 Å². The van der Waals surface area contributed by atoms with E-state index in [0.717, 1.165) is 5.56 Å². The maximum Gasteiger partial charge on any atom is 0.252 e. The summed E-state index contributed by atoms with van der Waals surface area (Å²) in [5, 5.41) is 5.41. The van der Waals surface area contributed by atoms with Gasteiger partial charge in [-0.25, -0.2) is 0 Å². The van der Waals surface area contributed by atoms with E-state index in [0.29, 0.717) is 23.6 Å². The molecule has 1 aromatic heterocycles. The van der Waals surface area contributed by atoms with Crippen LogP contribution in [0.5, 0.6) is 11.5 Å². The molecule has 1 heterocycles. The molecule has 0 saturated heterocycles. The highest BCUT2D eigenvalue weighted by atomic mass is 16.5. The van der Waals surface area contributed by atoms with Gasteiger partial charge in [-0.2, -0.15) is 0 Å². The molecular formula is C18H21N3O4. The van der Waals surface area contributed by atoms with E-state index in [1.54, 1.807) is 43.6 Å². The van der Waals surface area contributed by atoms with Gasteiger partial charge in [-0.1, -0.05) is 6.07 Å². The van der Waals surface area contributed by atoms with Crippen LogP contribution in [-0.2, 0) is 11.3 Å². The lowest BCUT2D eigenvalue weighted by atomic mass is 10.1. The first-order valence-corrected chi connectivity index (χ1v) is 7.74. The van der Waals surface area contributed by atoms with E-state index in [4.69, 9.17) is 9.47 Å². The zero-order valence-electron chi connectivity index (χ0n) is 14.4. The van der Waals surface area contributed by atoms with Crippen LogP contribution in [0.15, 0.2) is 42.7 Å². The van der Waals surface area contributed by atoms with Crippen molar-refractivity contribution in [3.05, 3.63) is 53.9 Å². The van der Waals surface area contributed by atoms with Gasteiger partial charge in [-0.05, 0) is 30.7 Å². The van der Waals surface area contributed by atoms with E-state index in [9.17, 15) is 9.59 Å². The quantitative estimate of drug-likeness (QED) is 0.796. The van der Waals surface area contributed by atoms with E-state index in [2.05, 4.69) is 15.6 Å². The van der Waals surface area contributed by atoms with Crippen LogP contribution in [0.4, 0.5) is 0 Å². The van der Waals surface area contributed by atoms with Crippen molar-refractivity contribution in [2.24, 2.45) is 0 Å². The van der Waals surface area contributed by atoms with E-state index in [1.165, 1.54) is 14.2 Å². The first-order valence-electron chi connectivity index (χ1n) is 7.74. The van der Waals surface area contributed by atoms with Crippen molar-refractivity contribution >= 4 is 11.8 Å². The Hall–Kier alpha value is -3.09. The molecule has 1 aromatic carbocycles. The fourth-order valence-corrected chi connectivity index (χ4v) is 2.13. The van der Waals surface area contributed by atoms with Gasteiger partial charge in [0.25, 0.3) is 5.91 Å². The number of nitrogens with one attached hydrogen (secondary N) is 2. The summed E-state index contributed by atoms with van der Waals surface area (Å²) in [6, 6.07) is 7.79. The zero-order valence-corrected chi connectivity index (χ0v) is 14.4. The number of hydrogen-bond donors (Lipinski definition) is 2. The molecule has 7 nitrogen and oxygen atoms in total. The van der Waals surface area contributed by atoms with Gasteiger partial charge in [-0.3, -0.25) is 14.6 Å². The summed E-state index contributed by atoms with van der Waals surface area (Å²) in [5.74, 6) is 0.324. The standard InChI is InChI=1S/C18H21N3O4/c1-12(17(22)20-11-13-5-4-6-19-10-13)21-18(23)14-7-15(24-2)9-16(8-14)25-3/h4-10,12H,11H2,1-3H3,(H,20,22)(H,21,23)/t12-/m0/s1. The molecule has 0 radical (unpaired) electrons. The molecule has 0 bridgehead atoms. The molecule has 0 aliphatic rings. The fourth-order valence-electron chi connectivity index (χ4n) is 2.13. The SMILES string of the molecule is COc1cc(OC)cc(C(=O)N[C@@H](C)C(=O)NCc2cccnc2)c1. The Morgan fingerprint density at radius 3 is 2.40 bits per heavy atom. The largest absolute Gasteiger partial charge is 0.497 e. The van der Waals surface area contributed by atoms with Crippen molar-refractivity contribution in [3.63, 3.8) is 0 Å². The summed E-state index contributed by atoms with van der Waals surface area (Å²) in [6.45, 7) is 1.97. The van der Waals surface area contributed by atoms with Crippen molar-refractivity contribution in [2.75, 3.05) is 14.2 Å². The molecule has 2 N–H and O–H groups in total. The summed E-state index contributed by atoms with van der Waals surface area (Å²) in [6.07, 6.45) is 3.34. The third-order valence-corrected chi connectivity index (χ3v) is 3.54. The van der Waals surface area contributed by atoms with Crippen molar-refractivity contribution in [1.29, 1.82) is 0 Å². The van der Waals surface area contributed by atoms with Crippen LogP contribution in [0, 0.1) is 0 Å². The van der Waals surface area contributed by atoms with Gasteiger partial charge < -0.3 is 20.1 Å². The summed E-state index contributed by atoms with van der Waals surface area (Å²) in [7, 11) is 3.01. The highest BCUT2D eigenvalue weighted by molar-refractivity contribution is 5.98. The maximum atomic E-state index is 12.4. The van der Waals surface area contributed by atoms with Crippen LogP contribution in [0.25, 0.3) is 0 Å². The Balaban J connectivity index is 1.96. The highest BCUT2D eigenvalue weighted by Gasteiger charge is 2.17. The Bertz CT molecular complexity index is 712. The normalized spacial score (nSPS) is 11.3. The number of carbonyl (C=O) groups is 2. The lowest BCUT2D eigenvalue weighted by Gasteiger charge is -2.15. The topological polar surface area (TPSA) is 89.5 Å². The number of aromatic nitrogens is 1. The van der Waals surface area contributed by atoms with Crippen molar-refractivity contribution < 1.29 is 19.1 Å². The molecular weight excluding hydrogens is 322 g/mol. The predicted octanol–water partition coefficient (Wildman–Crippen LogP) is 1.53. The van der Waals surface area contributed by atoms with E-state index >= 15 is 0 Å². The minimum atomic E-state index is -0.693. The minimum absolute atomic E-state index is 0.285. The minimum Gasteiger partial charge on any atom is -0.497 e. The van der Waals surface area contributed by atoms with E-state index in [-0.39, 0.29) is 11.8 Å². The zero-order chi connectivity index (χ0) is 18.2. The van der Waals surface area contributed by atoms with Gasteiger partial charge in [-0.15, -0.1) is 0 Å². The molecule has 2 rings (SSSR count). The lowest BCUT2D eigenvalue weighted by molar-refractivity contribution is -0.122. The van der Waals surface area contributed by atoms with Crippen molar-refractivity contribution in [3.8, 4) is 11.5 Å². The lowest BCUT2D eigenvalue weighted by Crippen LogP contribution is -2.44. The van der Waals surface area contributed by atoms with Crippen LogP contribution in [-0.4, -0.2) is 37.1 Å². The fraction of sp³-hybridized carbons (Fsp3) is 0.278. The average Bonchev–Trinajstić information content (AvgIpc) is 2.66. The maximum absolute atomic E-state index is 12.4. The van der Waals surface area contributed by atoms with Gasteiger partial charge in [0, 0.05) is 30.6 Å². The molecule has 25 heavy (non-hydrogen) atoms. The monoisotopic (exact) mass is 343 g/mol. The molecule has 2 aromatic rings. The Morgan fingerprint density at radius 1 is 1.16 bits per heavy atom. The van der Waals surface area contributed by atoms with E-state index < -0.39 is 6.04 Å². The van der Waals surface area contributed by atoms with Crippen molar-refractivity contribution in [2.45, 2.75) is 19.5 Å². The van der Waals surface area contributed by atoms with Crippen LogP contribution in [0.2, 0.25) is 0 Å². The average molecular weight is 343 g/mol. The molecule has 0 aliphatic heterocycles. The summed E-state index contributed by atoms with van der Waals surface area (Å²) < 4.78 is 10.3. The molecule has 0 fully saturated rings. The third kappa shape index (κ3) is 5.20. The van der Waals surface area contributed by atoms with Gasteiger partial charge in [0.1, 0.15) is 17.5 Å². The molecule has 1 atom stereocenters. The van der Waals surface area contributed by atoms with Crippen molar-refractivity contribution in [1.82, 2.24) is 15.6 Å². The molecule has 0 unspecified atom stereocenters. The first-order chi connectivity index (χ1) is 12.0. The number of amides is 2. The van der Waals surface area contributed by atoms with Gasteiger partial charge in [0.05, 0.1) is 14.2 Å². The second kappa shape index (κ2) is 8.68. The number of nitrogens with zero attached hydrogens (tertiary/aromatic N) is 1. The molecule has 2 amide bonds. The first kappa shape index (κ1) is 18.3. The number of benzene rings is 1. The van der Waals surface area contributed by atoms with Crippen LogP contribution in [0.3, 0.4) is 0 Å². The molecule has 0 aliphatic carbocycles. The number of rotatable bonds is 7. The second-order valence-corrected chi connectivity index (χ2v) is 5.38.